The largest absolute Gasteiger partial charge is 0.456 e. The summed E-state index contributed by atoms with van der Waals surface area (Å²) in [4.78, 5) is 26.3. The van der Waals surface area contributed by atoms with Gasteiger partial charge in [0.05, 0.1) is 24.8 Å². The highest BCUT2D eigenvalue weighted by molar-refractivity contribution is 5.95. The first-order valence-corrected chi connectivity index (χ1v) is 7.63. The second-order valence-electron chi connectivity index (χ2n) is 6.00. The fourth-order valence-corrected chi connectivity index (χ4v) is 2.75. The van der Waals surface area contributed by atoms with Crippen molar-refractivity contribution in [2.45, 2.75) is 19.2 Å². The van der Waals surface area contributed by atoms with E-state index in [-0.39, 0.29) is 32.0 Å². The van der Waals surface area contributed by atoms with E-state index in [0.29, 0.717) is 6.54 Å². The van der Waals surface area contributed by atoms with Crippen molar-refractivity contribution in [2.75, 3.05) is 39.8 Å². The minimum atomic E-state index is -4.74. The van der Waals surface area contributed by atoms with Crippen molar-refractivity contribution in [1.82, 2.24) is 9.80 Å². The van der Waals surface area contributed by atoms with Gasteiger partial charge in [-0.3, -0.25) is 14.5 Å². The fourth-order valence-electron chi connectivity index (χ4n) is 2.75. The first kappa shape index (κ1) is 19.3. The van der Waals surface area contributed by atoms with E-state index in [9.17, 15) is 22.8 Å². The number of ether oxygens (including phenoxy) is 1. The number of nitrogens with zero attached hydrogens (tertiary/aromatic N) is 2. The Morgan fingerprint density at radius 3 is 2.72 bits per heavy atom. The molecule has 0 aliphatic carbocycles. The van der Waals surface area contributed by atoms with E-state index < -0.39 is 35.4 Å². The van der Waals surface area contributed by atoms with Crippen molar-refractivity contribution in [2.24, 2.45) is 5.73 Å². The maximum atomic E-state index is 13.0. The second kappa shape index (κ2) is 7.44. The van der Waals surface area contributed by atoms with Crippen LogP contribution in [0.4, 0.5) is 13.2 Å². The van der Waals surface area contributed by atoms with E-state index in [1.807, 2.05) is 0 Å². The van der Waals surface area contributed by atoms with E-state index in [0.717, 1.165) is 6.07 Å². The lowest BCUT2D eigenvalue weighted by Gasteiger charge is -2.34. The van der Waals surface area contributed by atoms with E-state index in [1.165, 1.54) is 11.8 Å². The molecule has 2 rings (SSSR count). The summed E-state index contributed by atoms with van der Waals surface area (Å²) >= 11 is 0. The topological polar surface area (TPSA) is 89.0 Å². The number of carbonyl (C=O) groups excluding carboxylic acids is 2. The first-order valence-electron chi connectivity index (χ1n) is 7.63. The minimum absolute atomic E-state index is 0.0154. The van der Waals surface area contributed by atoms with Crippen molar-refractivity contribution >= 4 is 11.8 Å². The number of hydrogen-bond acceptors (Lipinski definition) is 5. The number of primary amides is 1. The third-order valence-corrected chi connectivity index (χ3v) is 3.71. The number of rotatable bonds is 5. The fraction of sp³-hybridized carbons (Fsp3) is 0.600. The van der Waals surface area contributed by atoms with Crippen molar-refractivity contribution < 1.29 is 31.9 Å². The van der Waals surface area contributed by atoms with Gasteiger partial charge in [-0.05, 0) is 20.0 Å². The summed E-state index contributed by atoms with van der Waals surface area (Å²) in [6.45, 7) is 2.18. The molecule has 25 heavy (non-hydrogen) atoms. The van der Waals surface area contributed by atoms with Crippen LogP contribution < -0.4 is 5.73 Å². The van der Waals surface area contributed by atoms with Crippen LogP contribution in [-0.4, -0.2) is 67.6 Å². The molecule has 0 radical (unpaired) electrons. The molecule has 1 saturated heterocycles. The lowest BCUT2D eigenvalue weighted by atomic mass is 10.1. The minimum Gasteiger partial charge on any atom is -0.456 e. The molecule has 0 aromatic carbocycles. The number of aryl methyl sites for hydroxylation is 1. The third kappa shape index (κ3) is 4.95. The van der Waals surface area contributed by atoms with Crippen LogP contribution in [0.15, 0.2) is 10.5 Å². The zero-order valence-electron chi connectivity index (χ0n) is 13.9. The van der Waals surface area contributed by atoms with Gasteiger partial charge in [0.1, 0.15) is 5.76 Å². The molecule has 2 heterocycles. The Kier molecular flexibility index (Phi) is 5.73. The Labute approximate surface area is 142 Å². The maximum Gasteiger partial charge on any atom is 0.450 e. The van der Waals surface area contributed by atoms with E-state index >= 15 is 0 Å². The number of halogens is 3. The van der Waals surface area contributed by atoms with Gasteiger partial charge in [0, 0.05) is 19.6 Å². The summed E-state index contributed by atoms with van der Waals surface area (Å²) in [5.74, 6) is -2.53. The summed E-state index contributed by atoms with van der Waals surface area (Å²) in [7, 11) is 1.66. The van der Waals surface area contributed by atoms with Gasteiger partial charge in [-0.15, -0.1) is 0 Å². The monoisotopic (exact) mass is 363 g/mol. The number of nitrogens with two attached hydrogens (primary N) is 1. The number of carbonyl (C=O) groups is 2. The van der Waals surface area contributed by atoms with Crippen molar-refractivity contribution in [3.05, 3.63) is 23.2 Å². The quantitative estimate of drug-likeness (QED) is 0.838. The summed E-state index contributed by atoms with van der Waals surface area (Å²) in [5.41, 5.74) is 4.60. The molecule has 0 saturated carbocycles. The van der Waals surface area contributed by atoms with Crippen LogP contribution in [0.25, 0.3) is 0 Å². The number of likely N-dealkylation sites (N-methyl/N-ethyl adjacent to an activating group) is 1. The van der Waals surface area contributed by atoms with Gasteiger partial charge < -0.3 is 19.8 Å². The molecule has 1 fully saturated rings. The normalized spacial score (nSPS) is 18.6. The highest BCUT2D eigenvalue weighted by Gasteiger charge is 2.41. The highest BCUT2D eigenvalue weighted by atomic mass is 19.4. The van der Waals surface area contributed by atoms with E-state index in [4.69, 9.17) is 10.5 Å². The average molecular weight is 363 g/mol. The van der Waals surface area contributed by atoms with Gasteiger partial charge in [0.25, 0.3) is 5.91 Å². The number of amides is 2. The van der Waals surface area contributed by atoms with Crippen LogP contribution in [0.3, 0.4) is 0 Å². The molecule has 0 bridgehead atoms. The van der Waals surface area contributed by atoms with Gasteiger partial charge in [-0.1, -0.05) is 0 Å². The molecular weight excluding hydrogens is 343 g/mol. The average Bonchev–Trinajstić information content (AvgIpc) is 2.88. The molecule has 2 amide bonds. The zero-order valence-corrected chi connectivity index (χ0v) is 13.9. The van der Waals surface area contributed by atoms with E-state index in [2.05, 4.69) is 4.42 Å². The van der Waals surface area contributed by atoms with Gasteiger partial charge in [0.2, 0.25) is 11.7 Å². The van der Waals surface area contributed by atoms with Crippen molar-refractivity contribution in [1.29, 1.82) is 0 Å². The first-order chi connectivity index (χ1) is 11.6. The number of morpholine rings is 1. The summed E-state index contributed by atoms with van der Waals surface area (Å²) in [6.07, 6.45) is -5.17. The maximum absolute atomic E-state index is 13.0. The molecule has 1 aliphatic heterocycles. The Hall–Kier alpha value is -2.07. The molecule has 1 atom stereocenters. The molecule has 1 aromatic rings. The van der Waals surface area contributed by atoms with Gasteiger partial charge in [-0.2, -0.15) is 13.2 Å². The smallest absolute Gasteiger partial charge is 0.450 e. The van der Waals surface area contributed by atoms with Crippen LogP contribution >= 0.6 is 0 Å². The predicted octanol–water partition coefficient (Wildman–Crippen LogP) is 0.865. The number of hydrogen-bond donors (Lipinski definition) is 1. The Balaban J connectivity index is 2.09. The lowest BCUT2D eigenvalue weighted by molar-refractivity contribution is -0.153. The van der Waals surface area contributed by atoms with Crippen LogP contribution in [-0.2, 0) is 15.7 Å². The molecule has 7 nitrogen and oxygen atoms in total. The number of alkyl halides is 3. The molecule has 1 unspecified atom stereocenters. The summed E-state index contributed by atoms with van der Waals surface area (Å²) in [5, 5.41) is 0. The third-order valence-electron chi connectivity index (χ3n) is 3.71. The Morgan fingerprint density at radius 1 is 1.44 bits per heavy atom. The molecule has 140 valence electrons. The highest BCUT2D eigenvalue weighted by Crippen LogP contribution is 2.34. The lowest BCUT2D eigenvalue weighted by Crippen LogP contribution is -2.50. The second-order valence-corrected chi connectivity index (χ2v) is 6.00. The molecular formula is C15H20F3N3O4. The van der Waals surface area contributed by atoms with Crippen LogP contribution in [0.5, 0.6) is 0 Å². The molecule has 1 aromatic heterocycles. The summed E-state index contributed by atoms with van der Waals surface area (Å²) < 4.78 is 49.2. The van der Waals surface area contributed by atoms with E-state index in [1.54, 1.807) is 11.9 Å². The van der Waals surface area contributed by atoms with Crippen LogP contribution in [0, 0.1) is 6.92 Å². The number of furan rings is 1. The summed E-state index contributed by atoms with van der Waals surface area (Å²) in [6, 6.07) is 1.09. The predicted molar refractivity (Wildman–Crippen MR) is 80.8 cm³/mol. The Bertz CT molecular complexity index is 644. The standard InChI is InChI=1S/C15H20F3N3O4/c1-9-5-11(13(25-9)15(16,17)18)14(23)21-3-4-24-10(7-21)6-20(2)8-12(19)22/h5,10H,3-4,6-8H2,1-2H3,(H2,19,22). The molecule has 2 N–H and O–H groups in total. The Morgan fingerprint density at radius 2 is 2.12 bits per heavy atom. The van der Waals surface area contributed by atoms with Crippen molar-refractivity contribution in [3.8, 4) is 0 Å². The molecule has 1 aliphatic rings. The van der Waals surface area contributed by atoms with Gasteiger partial charge in [0.15, 0.2) is 0 Å². The van der Waals surface area contributed by atoms with Crippen LogP contribution in [0.1, 0.15) is 21.9 Å². The zero-order chi connectivity index (χ0) is 18.8. The van der Waals surface area contributed by atoms with Gasteiger partial charge >= 0.3 is 6.18 Å². The van der Waals surface area contributed by atoms with Gasteiger partial charge in [-0.25, -0.2) is 0 Å². The SMILES string of the molecule is Cc1cc(C(=O)N2CCOC(CN(C)CC(N)=O)C2)c(C(F)(F)F)o1. The molecule has 0 spiro atoms. The van der Waals surface area contributed by atoms with Crippen LogP contribution in [0.2, 0.25) is 0 Å². The van der Waals surface area contributed by atoms with Crippen molar-refractivity contribution in [3.63, 3.8) is 0 Å². The molecule has 10 heteroatoms.